The van der Waals surface area contributed by atoms with E-state index in [1.54, 1.807) is 30.3 Å². The molecule has 0 saturated carbocycles. The van der Waals surface area contributed by atoms with Crippen molar-refractivity contribution >= 4 is 17.1 Å². The van der Waals surface area contributed by atoms with E-state index in [0.29, 0.717) is 5.56 Å². The van der Waals surface area contributed by atoms with Gasteiger partial charge in [0.2, 0.25) is 11.6 Å². The van der Waals surface area contributed by atoms with E-state index < -0.39 is 27.7 Å². The van der Waals surface area contributed by atoms with Crippen molar-refractivity contribution in [2.45, 2.75) is 0 Å². The minimum Gasteiger partial charge on any atom is -0.493 e. The fourth-order valence-electron chi connectivity index (χ4n) is 2.23. The summed E-state index contributed by atoms with van der Waals surface area (Å²) < 4.78 is 0. The van der Waals surface area contributed by atoms with Crippen molar-refractivity contribution in [1.29, 1.82) is 0 Å². The maximum Gasteiger partial charge on any atom is 0.328 e. The molecule has 0 aliphatic carbocycles. The Balaban J connectivity index is 2.05. The Morgan fingerprint density at radius 3 is 2.35 bits per heavy atom. The summed E-state index contributed by atoms with van der Waals surface area (Å²) in [7, 11) is 0. The van der Waals surface area contributed by atoms with E-state index in [2.05, 4.69) is 10.2 Å². The molecule has 0 amide bonds. The van der Waals surface area contributed by atoms with Gasteiger partial charge in [0.1, 0.15) is 0 Å². The highest BCUT2D eigenvalue weighted by Gasteiger charge is 2.16. The number of nitrogens with one attached hydrogen (secondary N) is 2. The van der Waals surface area contributed by atoms with E-state index in [0.717, 1.165) is 5.56 Å². The highest BCUT2D eigenvalue weighted by atomic mass is 16.6. The smallest absolute Gasteiger partial charge is 0.328 e. The zero-order chi connectivity index (χ0) is 18.7. The molecule has 0 aliphatic heterocycles. The van der Waals surface area contributed by atoms with Gasteiger partial charge >= 0.3 is 5.69 Å². The van der Waals surface area contributed by atoms with Gasteiger partial charge in [-0.15, -0.1) is 10.2 Å². The molecule has 0 aliphatic rings. The van der Waals surface area contributed by atoms with Crippen LogP contribution in [0.1, 0.15) is 0 Å². The van der Waals surface area contributed by atoms with Gasteiger partial charge in [0.15, 0.2) is 5.69 Å². The molecule has 0 fully saturated rings. The van der Waals surface area contributed by atoms with Gasteiger partial charge in [0.05, 0.1) is 4.92 Å². The number of aromatic hydroxyl groups is 1. The molecule has 0 saturated heterocycles. The van der Waals surface area contributed by atoms with Gasteiger partial charge in [-0.2, -0.15) is 0 Å². The average Bonchev–Trinajstić information content (AvgIpc) is 2.61. The number of nitro groups is 1. The molecule has 1 aromatic heterocycles. The highest BCUT2D eigenvalue weighted by Crippen LogP contribution is 2.33. The molecule has 3 rings (SSSR count). The molecule has 0 spiro atoms. The second-order valence-electron chi connectivity index (χ2n) is 5.13. The van der Waals surface area contributed by atoms with E-state index in [-0.39, 0.29) is 11.4 Å². The highest BCUT2D eigenvalue weighted by molar-refractivity contribution is 5.71. The zero-order valence-electron chi connectivity index (χ0n) is 13.0. The van der Waals surface area contributed by atoms with E-state index in [9.17, 15) is 24.8 Å². The van der Waals surface area contributed by atoms with Crippen molar-refractivity contribution in [2.24, 2.45) is 10.2 Å². The first-order valence-corrected chi connectivity index (χ1v) is 7.27. The molecule has 10 nitrogen and oxygen atoms in total. The van der Waals surface area contributed by atoms with Crippen LogP contribution in [0.4, 0.5) is 17.1 Å². The number of benzene rings is 2. The number of hydrogen-bond acceptors (Lipinski definition) is 7. The van der Waals surface area contributed by atoms with Crippen molar-refractivity contribution in [3.63, 3.8) is 0 Å². The summed E-state index contributed by atoms with van der Waals surface area (Å²) in [6.45, 7) is 0. The molecule has 10 heteroatoms. The second kappa shape index (κ2) is 6.81. The van der Waals surface area contributed by atoms with Crippen LogP contribution in [-0.4, -0.2) is 20.0 Å². The lowest BCUT2D eigenvalue weighted by Crippen LogP contribution is -2.20. The number of H-pyrrole nitrogens is 2. The van der Waals surface area contributed by atoms with Crippen LogP contribution in [0.2, 0.25) is 0 Å². The van der Waals surface area contributed by atoms with Crippen LogP contribution >= 0.6 is 0 Å². The number of hydrogen-bond donors (Lipinski definition) is 3. The van der Waals surface area contributed by atoms with Gasteiger partial charge in [0.25, 0.3) is 11.2 Å². The third-order valence-electron chi connectivity index (χ3n) is 3.44. The monoisotopic (exact) mass is 353 g/mol. The Labute approximate surface area is 144 Å². The largest absolute Gasteiger partial charge is 0.493 e. The molecule has 3 N–H and O–H groups in total. The average molecular weight is 353 g/mol. The van der Waals surface area contributed by atoms with Crippen molar-refractivity contribution < 1.29 is 10.0 Å². The lowest BCUT2D eigenvalue weighted by Gasteiger charge is -2.03. The van der Waals surface area contributed by atoms with Crippen LogP contribution in [-0.2, 0) is 0 Å². The van der Waals surface area contributed by atoms with Crippen molar-refractivity contribution in [3.8, 4) is 17.0 Å². The number of nitro benzene ring substituents is 1. The first-order valence-electron chi connectivity index (χ1n) is 7.27. The summed E-state index contributed by atoms with van der Waals surface area (Å²) in [4.78, 5) is 37.2. The van der Waals surface area contributed by atoms with E-state index >= 15 is 0 Å². The summed E-state index contributed by atoms with van der Waals surface area (Å²) in [5, 5.41) is 28.1. The van der Waals surface area contributed by atoms with Gasteiger partial charge in [-0.3, -0.25) is 24.9 Å². The topological polar surface area (TPSA) is 154 Å². The number of aromatic amines is 2. The Morgan fingerprint density at radius 1 is 0.962 bits per heavy atom. The van der Waals surface area contributed by atoms with Crippen LogP contribution in [0.25, 0.3) is 11.1 Å². The van der Waals surface area contributed by atoms with Crippen LogP contribution in [0.5, 0.6) is 5.88 Å². The molecule has 2 aromatic carbocycles. The lowest BCUT2D eigenvalue weighted by molar-refractivity contribution is -0.384. The number of azo groups is 1. The van der Waals surface area contributed by atoms with Gasteiger partial charge in [-0.25, -0.2) is 4.79 Å². The fraction of sp³-hybridized carbons (Fsp3) is 0. The van der Waals surface area contributed by atoms with Crippen LogP contribution in [0, 0.1) is 10.1 Å². The maximum atomic E-state index is 11.6. The first-order chi connectivity index (χ1) is 12.5. The predicted molar refractivity (Wildman–Crippen MR) is 92.1 cm³/mol. The summed E-state index contributed by atoms with van der Waals surface area (Å²) in [5.74, 6) is -0.786. The van der Waals surface area contributed by atoms with Crippen molar-refractivity contribution in [3.05, 3.63) is 79.5 Å². The molecule has 26 heavy (non-hydrogen) atoms. The number of nitrogens with zero attached hydrogens (tertiary/aromatic N) is 3. The van der Waals surface area contributed by atoms with Crippen LogP contribution < -0.4 is 11.2 Å². The molecule has 0 atom stereocenters. The Hall–Kier alpha value is -4.08. The van der Waals surface area contributed by atoms with Gasteiger partial charge < -0.3 is 5.11 Å². The molecule has 0 unspecified atom stereocenters. The third-order valence-corrected chi connectivity index (χ3v) is 3.44. The zero-order valence-corrected chi connectivity index (χ0v) is 13.0. The van der Waals surface area contributed by atoms with Crippen molar-refractivity contribution in [2.75, 3.05) is 0 Å². The minimum atomic E-state index is -0.974. The second-order valence-corrected chi connectivity index (χ2v) is 5.13. The van der Waals surface area contributed by atoms with E-state index in [4.69, 9.17) is 0 Å². The van der Waals surface area contributed by atoms with Crippen LogP contribution in [0.15, 0.2) is 68.3 Å². The van der Waals surface area contributed by atoms with Gasteiger partial charge in [0, 0.05) is 6.07 Å². The Morgan fingerprint density at radius 2 is 1.69 bits per heavy atom. The summed E-state index contributed by atoms with van der Waals surface area (Å²) >= 11 is 0. The summed E-state index contributed by atoms with van der Waals surface area (Å²) in [6, 6.07) is 13.4. The quantitative estimate of drug-likeness (QED) is 0.374. The van der Waals surface area contributed by atoms with Crippen LogP contribution in [0.3, 0.4) is 0 Å². The summed E-state index contributed by atoms with van der Waals surface area (Å²) in [6.07, 6.45) is 0. The molecule has 1 heterocycles. The minimum absolute atomic E-state index is 0.111. The van der Waals surface area contributed by atoms with Crippen molar-refractivity contribution in [1.82, 2.24) is 9.97 Å². The first kappa shape index (κ1) is 16.8. The molecule has 0 radical (unpaired) electrons. The number of rotatable bonds is 4. The van der Waals surface area contributed by atoms with E-state index in [1.807, 2.05) is 16.0 Å². The van der Waals surface area contributed by atoms with E-state index in [1.165, 1.54) is 12.1 Å². The third kappa shape index (κ3) is 3.38. The maximum absolute atomic E-state index is 11.6. The Kier molecular flexibility index (Phi) is 4.39. The molecule has 130 valence electrons. The number of aromatic nitrogens is 2. The molecular weight excluding hydrogens is 342 g/mol. The fourth-order valence-corrected chi connectivity index (χ4v) is 2.23. The lowest BCUT2D eigenvalue weighted by atomic mass is 10.0. The standard InChI is InChI=1S/C16H11N5O5/c22-14-13(15(23)18-16(24)17-14)20-19-11-7-6-10(8-12(11)21(25)26)9-4-2-1-3-5-9/h1-8H,(H3,17,18,22,23,24). The SMILES string of the molecule is O=c1[nH]c(O)c(N=Nc2ccc(-c3ccccc3)cc2[N+](=O)[O-])c(=O)[nH]1. The molecule has 0 bridgehead atoms. The predicted octanol–water partition coefficient (Wildman–Crippen LogP) is 2.76. The summed E-state index contributed by atoms with van der Waals surface area (Å²) in [5.41, 5.74) is -1.49. The van der Waals surface area contributed by atoms with Gasteiger partial charge in [-0.05, 0) is 17.2 Å². The van der Waals surface area contributed by atoms with Gasteiger partial charge in [-0.1, -0.05) is 36.4 Å². The Bertz CT molecular complexity index is 1120. The molecular formula is C16H11N5O5. The molecule has 3 aromatic rings. The normalized spacial score (nSPS) is 10.9.